The molecule has 5 nitrogen and oxygen atoms in total. The summed E-state index contributed by atoms with van der Waals surface area (Å²) in [5.74, 6) is 0.0570. The number of piperidine rings is 1. The van der Waals surface area contributed by atoms with Crippen LogP contribution >= 0.6 is 0 Å². The standard InChI is InChI=1S/C15H24N2O3S/c1-2-16-10-13-5-7-15(8-6-13)21(19,20)17-9-3-4-14(11-17)12-18/h5-8,14,16,18H,2-4,9-12H2,1H3. The lowest BCUT2D eigenvalue weighted by molar-refractivity contribution is 0.165. The minimum Gasteiger partial charge on any atom is -0.396 e. The van der Waals surface area contributed by atoms with Crippen LogP contribution in [0.5, 0.6) is 0 Å². The van der Waals surface area contributed by atoms with Gasteiger partial charge in [-0.05, 0) is 43.0 Å². The molecule has 1 fully saturated rings. The summed E-state index contributed by atoms with van der Waals surface area (Å²) in [6.07, 6.45) is 1.70. The van der Waals surface area contributed by atoms with E-state index in [1.165, 1.54) is 4.31 Å². The number of aliphatic hydroxyl groups excluding tert-OH is 1. The van der Waals surface area contributed by atoms with Crippen LogP contribution in [0.4, 0.5) is 0 Å². The summed E-state index contributed by atoms with van der Waals surface area (Å²) in [4.78, 5) is 0.335. The SMILES string of the molecule is CCNCc1ccc(S(=O)(=O)N2CCCC(CO)C2)cc1. The minimum absolute atomic E-state index is 0.0493. The molecule has 1 heterocycles. The predicted octanol–water partition coefficient (Wildman–Crippen LogP) is 1.19. The third-order valence-electron chi connectivity index (χ3n) is 3.88. The van der Waals surface area contributed by atoms with E-state index in [1.54, 1.807) is 12.1 Å². The molecule has 2 N–H and O–H groups in total. The molecule has 0 bridgehead atoms. The number of aliphatic hydroxyl groups is 1. The van der Waals surface area contributed by atoms with Crippen molar-refractivity contribution in [3.05, 3.63) is 29.8 Å². The number of hydrogen-bond donors (Lipinski definition) is 2. The van der Waals surface area contributed by atoms with Crippen molar-refractivity contribution in [3.63, 3.8) is 0 Å². The van der Waals surface area contributed by atoms with Crippen LogP contribution < -0.4 is 5.32 Å². The maximum Gasteiger partial charge on any atom is 0.243 e. The zero-order valence-corrected chi connectivity index (χ0v) is 13.3. The van der Waals surface area contributed by atoms with Crippen LogP contribution in [0.15, 0.2) is 29.2 Å². The summed E-state index contributed by atoms with van der Waals surface area (Å²) in [5, 5.41) is 12.4. The summed E-state index contributed by atoms with van der Waals surface area (Å²) < 4.78 is 26.7. The van der Waals surface area contributed by atoms with E-state index in [2.05, 4.69) is 5.32 Å². The Morgan fingerprint density at radius 3 is 2.67 bits per heavy atom. The Labute approximate surface area is 127 Å². The molecule has 1 aliphatic rings. The fourth-order valence-electron chi connectivity index (χ4n) is 2.59. The number of benzene rings is 1. The third kappa shape index (κ3) is 4.03. The monoisotopic (exact) mass is 312 g/mol. The Hall–Kier alpha value is -0.950. The van der Waals surface area contributed by atoms with E-state index >= 15 is 0 Å². The van der Waals surface area contributed by atoms with Crippen molar-refractivity contribution in [2.75, 3.05) is 26.2 Å². The molecule has 1 atom stereocenters. The molecule has 21 heavy (non-hydrogen) atoms. The van der Waals surface area contributed by atoms with Gasteiger partial charge in [-0.15, -0.1) is 0 Å². The molecule has 2 rings (SSSR count). The van der Waals surface area contributed by atoms with Crippen LogP contribution in [-0.4, -0.2) is 44.1 Å². The second-order valence-corrected chi connectivity index (χ2v) is 7.42. The van der Waals surface area contributed by atoms with Gasteiger partial charge in [0.1, 0.15) is 0 Å². The van der Waals surface area contributed by atoms with E-state index in [-0.39, 0.29) is 12.5 Å². The molecule has 0 aromatic heterocycles. The van der Waals surface area contributed by atoms with Crippen molar-refractivity contribution in [2.24, 2.45) is 5.92 Å². The van der Waals surface area contributed by atoms with Crippen LogP contribution in [0.3, 0.4) is 0 Å². The molecule has 1 saturated heterocycles. The normalized spacial score (nSPS) is 20.6. The Kier molecular flexibility index (Phi) is 5.75. The molecule has 0 aliphatic carbocycles. The molecule has 0 radical (unpaired) electrons. The zero-order valence-electron chi connectivity index (χ0n) is 12.5. The van der Waals surface area contributed by atoms with E-state index in [0.29, 0.717) is 18.0 Å². The summed E-state index contributed by atoms with van der Waals surface area (Å²) in [5.41, 5.74) is 1.07. The molecule has 1 unspecified atom stereocenters. The summed E-state index contributed by atoms with van der Waals surface area (Å²) in [6, 6.07) is 7.04. The second kappa shape index (κ2) is 7.35. The van der Waals surface area contributed by atoms with Crippen molar-refractivity contribution in [2.45, 2.75) is 31.2 Å². The summed E-state index contributed by atoms with van der Waals surface area (Å²) in [7, 11) is -3.44. The topological polar surface area (TPSA) is 69.6 Å². The van der Waals surface area contributed by atoms with Gasteiger partial charge in [0.2, 0.25) is 10.0 Å². The maximum absolute atomic E-state index is 12.6. The first-order valence-electron chi connectivity index (χ1n) is 7.48. The van der Waals surface area contributed by atoms with Gasteiger partial charge < -0.3 is 10.4 Å². The van der Waals surface area contributed by atoms with Gasteiger partial charge in [0.25, 0.3) is 0 Å². The highest BCUT2D eigenvalue weighted by atomic mass is 32.2. The highest BCUT2D eigenvalue weighted by Gasteiger charge is 2.29. The Bertz CT molecular complexity index is 543. The van der Waals surface area contributed by atoms with Crippen LogP contribution in [0, 0.1) is 5.92 Å². The van der Waals surface area contributed by atoms with Crippen molar-refractivity contribution in [1.29, 1.82) is 0 Å². The van der Waals surface area contributed by atoms with Gasteiger partial charge in [0.05, 0.1) is 4.90 Å². The average Bonchev–Trinajstić information content (AvgIpc) is 2.53. The largest absolute Gasteiger partial charge is 0.396 e. The fraction of sp³-hybridized carbons (Fsp3) is 0.600. The zero-order chi connectivity index (χ0) is 15.3. The average molecular weight is 312 g/mol. The van der Waals surface area contributed by atoms with Crippen LogP contribution in [0.2, 0.25) is 0 Å². The summed E-state index contributed by atoms with van der Waals surface area (Å²) in [6.45, 7) is 4.67. The molecule has 1 aliphatic heterocycles. The van der Waals surface area contributed by atoms with Gasteiger partial charge in [-0.2, -0.15) is 4.31 Å². The molecule has 1 aromatic rings. The first kappa shape index (κ1) is 16.4. The molecule has 6 heteroatoms. The molecule has 0 spiro atoms. The summed E-state index contributed by atoms with van der Waals surface area (Å²) >= 11 is 0. The van der Waals surface area contributed by atoms with Gasteiger partial charge in [-0.1, -0.05) is 19.1 Å². The van der Waals surface area contributed by atoms with E-state index in [4.69, 9.17) is 0 Å². The van der Waals surface area contributed by atoms with Crippen molar-refractivity contribution in [3.8, 4) is 0 Å². The smallest absolute Gasteiger partial charge is 0.243 e. The molecule has 1 aromatic carbocycles. The number of sulfonamides is 1. The lowest BCUT2D eigenvalue weighted by atomic mass is 10.0. The Morgan fingerprint density at radius 1 is 1.33 bits per heavy atom. The van der Waals surface area contributed by atoms with Crippen molar-refractivity contribution >= 4 is 10.0 Å². The third-order valence-corrected chi connectivity index (χ3v) is 5.76. The van der Waals surface area contributed by atoms with E-state index in [0.717, 1.165) is 31.5 Å². The van der Waals surface area contributed by atoms with Gasteiger partial charge in [0.15, 0.2) is 0 Å². The van der Waals surface area contributed by atoms with Crippen molar-refractivity contribution in [1.82, 2.24) is 9.62 Å². The fourth-order valence-corrected chi connectivity index (χ4v) is 4.15. The number of rotatable bonds is 6. The number of nitrogens with one attached hydrogen (secondary N) is 1. The van der Waals surface area contributed by atoms with E-state index < -0.39 is 10.0 Å². The lowest BCUT2D eigenvalue weighted by Crippen LogP contribution is -2.40. The predicted molar refractivity (Wildman–Crippen MR) is 82.4 cm³/mol. The van der Waals surface area contributed by atoms with Crippen LogP contribution in [0.1, 0.15) is 25.3 Å². The Morgan fingerprint density at radius 2 is 2.05 bits per heavy atom. The van der Waals surface area contributed by atoms with Gasteiger partial charge in [-0.3, -0.25) is 0 Å². The van der Waals surface area contributed by atoms with E-state index in [9.17, 15) is 13.5 Å². The van der Waals surface area contributed by atoms with Gasteiger partial charge >= 0.3 is 0 Å². The van der Waals surface area contributed by atoms with Crippen molar-refractivity contribution < 1.29 is 13.5 Å². The minimum atomic E-state index is -3.44. The number of hydrogen-bond acceptors (Lipinski definition) is 4. The van der Waals surface area contributed by atoms with Gasteiger partial charge in [0, 0.05) is 26.2 Å². The lowest BCUT2D eigenvalue weighted by Gasteiger charge is -2.30. The van der Waals surface area contributed by atoms with Gasteiger partial charge in [-0.25, -0.2) is 8.42 Å². The molecular weight excluding hydrogens is 288 g/mol. The van der Waals surface area contributed by atoms with Crippen LogP contribution in [0.25, 0.3) is 0 Å². The van der Waals surface area contributed by atoms with E-state index in [1.807, 2.05) is 19.1 Å². The quantitative estimate of drug-likeness (QED) is 0.828. The number of nitrogens with zero attached hydrogens (tertiary/aromatic N) is 1. The highest BCUT2D eigenvalue weighted by Crippen LogP contribution is 2.23. The molecule has 118 valence electrons. The maximum atomic E-state index is 12.6. The first-order chi connectivity index (χ1) is 10.1. The molecular formula is C15H24N2O3S. The molecule has 0 saturated carbocycles. The highest BCUT2D eigenvalue weighted by molar-refractivity contribution is 7.89. The first-order valence-corrected chi connectivity index (χ1v) is 8.92. The Balaban J connectivity index is 2.11. The van der Waals surface area contributed by atoms with Crippen LogP contribution in [-0.2, 0) is 16.6 Å². The second-order valence-electron chi connectivity index (χ2n) is 5.48. The molecule has 0 amide bonds.